The van der Waals surface area contributed by atoms with Gasteiger partial charge in [0.1, 0.15) is 0 Å². The topological polar surface area (TPSA) is 63.1 Å². The molecule has 0 radical (unpaired) electrons. The third-order valence-electron chi connectivity index (χ3n) is 5.76. The van der Waals surface area contributed by atoms with Crippen molar-refractivity contribution in [1.82, 2.24) is 19.7 Å². The van der Waals surface area contributed by atoms with Crippen molar-refractivity contribution in [2.24, 2.45) is 5.92 Å². The fourth-order valence-corrected chi connectivity index (χ4v) is 4.56. The van der Waals surface area contributed by atoms with E-state index < -0.39 is 0 Å². The van der Waals surface area contributed by atoms with E-state index in [-0.39, 0.29) is 5.91 Å². The van der Waals surface area contributed by atoms with E-state index in [0.717, 1.165) is 42.6 Å². The summed E-state index contributed by atoms with van der Waals surface area (Å²) in [5.41, 5.74) is 4.68. The van der Waals surface area contributed by atoms with Gasteiger partial charge in [-0.3, -0.25) is 15.0 Å². The Balaban J connectivity index is 1.44. The molecule has 1 aliphatic rings. The van der Waals surface area contributed by atoms with Crippen molar-refractivity contribution in [3.63, 3.8) is 0 Å². The molecular formula is C23H29N5OS. The van der Waals surface area contributed by atoms with Crippen LogP contribution in [-0.2, 0) is 13.0 Å². The van der Waals surface area contributed by atoms with Gasteiger partial charge in [-0.15, -0.1) is 11.3 Å². The van der Waals surface area contributed by atoms with Crippen LogP contribution in [0, 0.1) is 12.8 Å². The normalized spacial score (nSPS) is 15.4. The van der Waals surface area contributed by atoms with Crippen LogP contribution >= 0.6 is 11.3 Å². The summed E-state index contributed by atoms with van der Waals surface area (Å²) in [6.45, 7) is 9.51. The second-order valence-electron chi connectivity index (χ2n) is 8.16. The lowest BCUT2D eigenvalue weighted by Gasteiger charge is -2.29. The van der Waals surface area contributed by atoms with Crippen molar-refractivity contribution >= 4 is 22.4 Å². The van der Waals surface area contributed by atoms with Gasteiger partial charge in [-0.2, -0.15) is 5.10 Å². The highest BCUT2D eigenvalue weighted by molar-refractivity contribution is 7.14. The third-order valence-corrected chi connectivity index (χ3v) is 6.57. The van der Waals surface area contributed by atoms with Crippen LogP contribution in [0.25, 0.3) is 5.69 Å². The SMILES string of the molecule is CCc1c(C(=O)Nc2nc(CN3CCC(C)CC3)cs2)cnn1-c1ccc(C)cc1. The molecular weight excluding hydrogens is 394 g/mol. The van der Waals surface area contributed by atoms with E-state index in [1.165, 1.54) is 29.7 Å². The third kappa shape index (κ3) is 4.63. The molecule has 1 aromatic carbocycles. The van der Waals surface area contributed by atoms with E-state index >= 15 is 0 Å². The van der Waals surface area contributed by atoms with Crippen LogP contribution in [0.4, 0.5) is 5.13 Å². The number of nitrogens with one attached hydrogen (secondary N) is 1. The highest BCUT2D eigenvalue weighted by Gasteiger charge is 2.20. The number of piperidine rings is 1. The molecule has 1 fully saturated rings. The maximum atomic E-state index is 12.9. The Morgan fingerprint density at radius 3 is 2.67 bits per heavy atom. The molecule has 0 spiro atoms. The first-order chi connectivity index (χ1) is 14.5. The number of carbonyl (C=O) groups excluding carboxylic acids is 1. The van der Waals surface area contributed by atoms with E-state index in [1.54, 1.807) is 6.20 Å². The molecule has 0 aliphatic carbocycles. The first-order valence-electron chi connectivity index (χ1n) is 10.7. The van der Waals surface area contributed by atoms with Gasteiger partial charge in [0.25, 0.3) is 5.91 Å². The van der Waals surface area contributed by atoms with Gasteiger partial charge >= 0.3 is 0 Å². The van der Waals surface area contributed by atoms with Crippen LogP contribution in [-0.4, -0.2) is 38.7 Å². The van der Waals surface area contributed by atoms with Gasteiger partial charge in [-0.05, 0) is 57.3 Å². The summed E-state index contributed by atoms with van der Waals surface area (Å²) in [4.78, 5) is 20.0. The lowest BCUT2D eigenvalue weighted by molar-refractivity contribution is 0.102. The minimum absolute atomic E-state index is 0.155. The molecule has 6 nitrogen and oxygen atoms in total. The van der Waals surface area contributed by atoms with Gasteiger partial charge in [-0.1, -0.05) is 31.5 Å². The highest BCUT2D eigenvalue weighted by Crippen LogP contribution is 2.22. The lowest BCUT2D eigenvalue weighted by Crippen LogP contribution is -2.32. The van der Waals surface area contributed by atoms with E-state index in [9.17, 15) is 4.79 Å². The molecule has 0 saturated carbocycles. The summed E-state index contributed by atoms with van der Waals surface area (Å²) >= 11 is 1.48. The lowest BCUT2D eigenvalue weighted by atomic mass is 9.99. The molecule has 1 saturated heterocycles. The predicted octanol–water partition coefficient (Wildman–Crippen LogP) is 4.68. The Kier molecular flexibility index (Phi) is 6.29. The standard InChI is InChI=1S/C23H29N5OS/c1-4-21-20(13-24-28(21)19-7-5-16(2)6-8-19)22(29)26-23-25-18(15-30-23)14-27-11-9-17(3)10-12-27/h5-8,13,15,17H,4,9-12,14H2,1-3H3,(H,25,26,29). The second kappa shape index (κ2) is 9.10. The van der Waals surface area contributed by atoms with Gasteiger partial charge in [0.15, 0.2) is 5.13 Å². The fourth-order valence-electron chi connectivity index (χ4n) is 3.86. The Hall–Kier alpha value is -2.51. The van der Waals surface area contributed by atoms with Gasteiger partial charge in [0.05, 0.1) is 28.8 Å². The fraction of sp³-hybridized carbons (Fsp3) is 0.435. The number of anilines is 1. The Bertz CT molecular complexity index is 999. The number of rotatable bonds is 6. The number of hydrogen-bond acceptors (Lipinski definition) is 5. The molecule has 7 heteroatoms. The number of aryl methyl sites for hydroxylation is 1. The Labute approximate surface area is 181 Å². The van der Waals surface area contributed by atoms with Gasteiger partial charge in [0, 0.05) is 11.9 Å². The van der Waals surface area contributed by atoms with Crippen LogP contribution in [0.3, 0.4) is 0 Å². The zero-order chi connectivity index (χ0) is 21.1. The summed E-state index contributed by atoms with van der Waals surface area (Å²) in [6, 6.07) is 8.15. The van der Waals surface area contributed by atoms with Crippen LogP contribution in [0.5, 0.6) is 0 Å². The number of amides is 1. The smallest absolute Gasteiger partial charge is 0.260 e. The number of benzene rings is 1. The van der Waals surface area contributed by atoms with Crippen LogP contribution in [0.15, 0.2) is 35.8 Å². The van der Waals surface area contributed by atoms with Crippen molar-refractivity contribution in [2.45, 2.75) is 46.6 Å². The molecule has 158 valence electrons. The van der Waals surface area contributed by atoms with Crippen molar-refractivity contribution < 1.29 is 4.79 Å². The maximum absolute atomic E-state index is 12.9. The van der Waals surface area contributed by atoms with Crippen molar-refractivity contribution in [3.8, 4) is 5.69 Å². The largest absolute Gasteiger partial charge is 0.298 e. The number of carbonyl (C=O) groups is 1. The molecule has 0 unspecified atom stereocenters. The molecule has 0 atom stereocenters. The summed E-state index contributed by atoms with van der Waals surface area (Å²) < 4.78 is 1.85. The molecule has 2 aromatic heterocycles. The summed E-state index contributed by atoms with van der Waals surface area (Å²) in [7, 11) is 0. The van der Waals surface area contributed by atoms with E-state index in [1.807, 2.05) is 29.1 Å². The van der Waals surface area contributed by atoms with Crippen molar-refractivity contribution in [2.75, 3.05) is 18.4 Å². The Morgan fingerprint density at radius 1 is 1.23 bits per heavy atom. The number of aromatic nitrogens is 3. The number of thiazole rings is 1. The monoisotopic (exact) mass is 423 g/mol. The highest BCUT2D eigenvalue weighted by atomic mass is 32.1. The molecule has 4 rings (SSSR count). The molecule has 1 amide bonds. The quantitative estimate of drug-likeness (QED) is 0.625. The van der Waals surface area contributed by atoms with Crippen LogP contribution < -0.4 is 5.32 Å². The second-order valence-corrected chi connectivity index (χ2v) is 9.02. The molecule has 3 aromatic rings. The minimum atomic E-state index is -0.155. The van der Waals surface area contributed by atoms with Gasteiger partial charge < -0.3 is 0 Å². The average Bonchev–Trinajstić information content (AvgIpc) is 3.37. The zero-order valence-corrected chi connectivity index (χ0v) is 18.7. The molecule has 30 heavy (non-hydrogen) atoms. The molecule has 1 aliphatic heterocycles. The van der Waals surface area contributed by atoms with Crippen molar-refractivity contribution in [1.29, 1.82) is 0 Å². The van der Waals surface area contributed by atoms with Gasteiger partial charge in [-0.25, -0.2) is 9.67 Å². The van der Waals surface area contributed by atoms with Crippen LogP contribution in [0.2, 0.25) is 0 Å². The van der Waals surface area contributed by atoms with E-state index in [2.05, 4.69) is 46.3 Å². The summed E-state index contributed by atoms with van der Waals surface area (Å²) in [5, 5.41) is 10.1. The van der Waals surface area contributed by atoms with Gasteiger partial charge in [0.2, 0.25) is 0 Å². The summed E-state index contributed by atoms with van der Waals surface area (Å²) in [6.07, 6.45) is 4.86. The van der Waals surface area contributed by atoms with E-state index in [0.29, 0.717) is 17.1 Å². The van der Waals surface area contributed by atoms with Crippen molar-refractivity contribution in [3.05, 3.63) is 58.4 Å². The number of likely N-dealkylation sites (tertiary alicyclic amines) is 1. The maximum Gasteiger partial charge on any atom is 0.260 e. The number of nitrogens with zero attached hydrogens (tertiary/aromatic N) is 4. The van der Waals surface area contributed by atoms with Crippen LogP contribution in [0.1, 0.15) is 54.0 Å². The summed E-state index contributed by atoms with van der Waals surface area (Å²) in [5.74, 6) is 0.665. The first kappa shape index (κ1) is 20.8. The Morgan fingerprint density at radius 2 is 1.97 bits per heavy atom. The molecule has 3 heterocycles. The first-order valence-corrected chi connectivity index (χ1v) is 11.5. The predicted molar refractivity (Wildman–Crippen MR) is 121 cm³/mol. The molecule has 1 N–H and O–H groups in total. The van der Waals surface area contributed by atoms with E-state index in [4.69, 9.17) is 0 Å². The zero-order valence-electron chi connectivity index (χ0n) is 17.9. The molecule has 0 bridgehead atoms. The minimum Gasteiger partial charge on any atom is -0.298 e. The average molecular weight is 424 g/mol. The number of hydrogen-bond donors (Lipinski definition) is 1.